The molecular weight excluding hydrogens is 200 g/mol. The van der Waals surface area contributed by atoms with E-state index in [1.54, 1.807) is 0 Å². The van der Waals surface area contributed by atoms with Gasteiger partial charge in [0.25, 0.3) is 0 Å². The standard InChI is InChI=1S/C6H14O3.C4H8O2/c1-2-6(3-7,4-8)5-9;5-3-1-2-4-6/h7-9H,2-5H2,1H3;1-2,5-6H,3-4H2. The fourth-order valence-corrected chi connectivity index (χ4v) is 0.634. The van der Waals surface area contributed by atoms with Crippen molar-refractivity contribution < 1.29 is 25.5 Å². The van der Waals surface area contributed by atoms with Crippen LogP contribution >= 0.6 is 0 Å². The molecule has 0 unspecified atom stereocenters. The first-order valence-electron chi connectivity index (χ1n) is 4.85. The van der Waals surface area contributed by atoms with Gasteiger partial charge in [0.05, 0.1) is 33.0 Å². The van der Waals surface area contributed by atoms with E-state index in [1.807, 2.05) is 6.92 Å². The third kappa shape index (κ3) is 8.53. The maximum absolute atomic E-state index is 8.66. The summed E-state index contributed by atoms with van der Waals surface area (Å²) < 4.78 is 0. The van der Waals surface area contributed by atoms with Crippen molar-refractivity contribution in [2.75, 3.05) is 33.0 Å². The number of rotatable bonds is 6. The van der Waals surface area contributed by atoms with E-state index in [0.29, 0.717) is 6.42 Å². The second kappa shape index (κ2) is 11.6. The SMILES string of the molecule is CCC(CO)(CO)CO.OCC=CCO. The molecule has 0 aliphatic rings. The number of aliphatic hydroxyl groups is 5. The number of aliphatic hydroxyl groups excluding tert-OH is 5. The molecule has 0 aliphatic carbocycles. The van der Waals surface area contributed by atoms with Crippen LogP contribution in [0.5, 0.6) is 0 Å². The lowest BCUT2D eigenvalue weighted by molar-refractivity contribution is 0.00304. The van der Waals surface area contributed by atoms with Crippen molar-refractivity contribution in [2.24, 2.45) is 5.41 Å². The zero-order chi connectivity index (χ0) is 12.2. The monoisotopic (exact) mass is 222 g/mol. The van der Waals surface area contributed by atoms with Gasteiger partial charge in [-0.3, -0.25) is 0 Å². The number of hydrogen-bond donors (Lipinski definition) is 5. The molecule has 0 saturated heterocycles. The third-order valence-corrected chi connectivity index (χ3v) is 2.13. The molecule has 0 rings (SSSR count). The number of hydrogen-bond acceptors (Lipinski definition) is 5. The molecule has 15 heavy (non-hydrogen) atoms. The average molecular weight is 222 g/mol. The van der Waals surface area contributed by atoms with Gasteiger partial charge in [-0.05, 0) is 6.42 Å². The van der Waals surface area contributed by atoms with Gasteiger partial charge in [-0.1, -0.05) is 19.1 Å². The highest BCUT2D eigenvalue weighted by Gasteiger charge is 2.24. The molecule has 5 nitrogen and oxygen atoms in total. The van der Waals surface area contributed by atoms with Crippen LogP contribution in [-0.4, -0.2) is 58.6 Å². The van der Waals surface area contributed by atoms with Crippen molar-refractivity contribution in [1.29, 1.82) is 0 Å². The van der Waals surface area contributed by atoms with E-state index in [2.05, 4.69) is 0 Å². The van der Waals surface area contributed by atoms with Gasteiger partial charge >= 0.3 is 0 Å². The Kier molecular flexibility index (Phi) is 13.1. The second-order valence-electron chi connectivity index (χ2n) is 3.16. The lowest BCUT2D eigenvalue weighted by atomic mass is 9.88. The average Bonchev–Trinajstić information content (AvgIpc) is 2.31. The van der Waals surface area contributed by atoms with E-state index < -0.39 is 5.41 Å². The molecule has 0 saturated carbocycles. The Labute approximate surface area is 90.3 Å². The topological polar surface area (TPSA) is 101 Å². The molecule has 92 valence electrons. The van der Waals surface area contributed by atoms with E-state index in [9.17, 15) is 0 Å². The van der Waals surface area contributed by atoms with E-state index >= 15 is 0 Å². The van der Waals surface area contributed by atoms with Gasteiger partial charge in [-0.15, -0.1) is 0 Å². The van der Waals surface area contributed by atoms with Gasteiger partial charge in [-0.25, -0.2) is 0 Å². The molecule has 5 N–H and O–H groups in total. The first kappa shape index (κ1) is 17.0. The van der Waals surface area contributed by atoms with Gasteiger partial charge < -0.3 is 25.5 Å². The largest absolute Gasteiger partial charge is 0.396 e. The van der Waals surface area contributed by atoms with Crippen LogP contribution in [0.25, 0.3) is 0 Å². The first-order valence-corrected chi connectivity index (χ1v) is 4.85. The summed E-state index contributed by atoms with van der Waals surface area (Å²) in [4.78, 5) is 0. The van der Waals surface area contributed by atoms with Crippen LogP contribution in [0.1, 0.15) is 13.3 Å². The first-order chi connectivity index (χ1) is 7.16. The highest BCUT2D eigenvalue weighted by molar-refractivity contribution is 4.79. The van der Waals surface area contributed by atoms with Crippen molar-refractivity contribution in [3.8, 4) is 0 Å². The predicted molar refractivity (Wildman–Crippen MR) is 57.3 cm³/mol. The third-order valence-electron chi connectivity index (χ3n) is 2.13. The Morgan fingerprint density at radius 1 is 0.800 bits per heavy atom. The van der Waals surface area contributed by atoms with Crippen LogP contribution in [0.15, 0.2) is 12.2 Å². The lowest BCUT2D eigenvalue weighted by Crippen LogP contribution is -2.32. The molecule has 0 heterocycles. The Hall–Kier alpha value is -0.460. The van der Waals surface area contributed by atoms with Gasteiger partial charge in [0, 0.05) is 5.41 Å². The molecule has 0 atom stereocenters. The summed E-state index contributed by atoms with van der Waals surface area (Å²) in [5.74, 6) is 0. The summed E-state index contributed by atoms with van der Waals surface area (Å²) in [6.07, 6.45) is 3.57. The Bertz CT molecular complexity index is 119. The van der Waals surface area contributed by atoms with E-state index in [4.69, 9.17) is 25.5 Å². The van der Waals surface area contributed by atoms with Gasteiger partial charge in [0.15, 0.2) is 0 Å². The molecule has 0 radical (unpaired) electrons. The van der Waals surface area contributed by atoms with E-state index in [1.165, 1.54) is 12.2 Å². The predicted octanol–water partition coefficient (Wildman–Crippen LogP) is -1.11. The van der Waals surface area contributed by atoms with Crippen molar-refractivity contribution in [3.63, 3.8) is 0 Å². The summed E-state index contributed by atoms with van der Waals surface area (Å²) in [5, 5.41) is 42.0. The Balaban J connectivity index is 0. The molecule has 0 aromatic carbocycles. The maximum atomic E-state index is 8.66. The summed E-state index contributed by atoms with van der Waals surface area (Å²) in [5.41, 5.74) is -0.667. The molecule has 0 fully saturated rings. The minimum Gasteiger partial charge on any atom is -0.396 e. The van der Waals surface area contributed by atoms with Crippen molar-refractivity contribution in [2.45, 2.75) is 13.3 Å². The highest BCUT2D eigenvalue weighted by atomic mass is 16.3. The van der Waals surface area contributed by atoms with Crippen molar-refractivity contribution in [1.82, 2.24) is 0 Å². The molecule has 0 spiro atoms. The summed E-state index contributed by atoms with van der Waals surface area (Å²) in [6.45, 7) is 1.38. The zero-order valence-corrected chi connectivity index (χ0v) is 9.13. The van der Waals surface area contributed by atoms with Crippen molar-refractivity contribution >= 4 is 0 Å². The minimum atomic E-state index is -0.667. The molecule has 0 bridgehead atoms. The molecule has 5 heteroatoms. The second-order valence-corrected chi connectivity index (χ2v) is 3.16. The Morgan fingerprint density at radius 3 is 1.20 bits per heavy atom. The fourth-order valence-electron chi connectivity index (χ4n) is 0.634. The van der Waals surface area contributed by atoms with E-state index in [-0.39, 0.29) is 33.0 Å². The van der Waals surface area contributed by atoms with Gasteiger partial charge in [0.2, 0.25) is 0 Å². The molecule has 0 amide bonds. The van der Waals surface area contributed by atoms with E-state index in [0.717, 1.165) is 0 Å². The lowest BCUT2D eigenvalue weighted by Gasteiger charge is -2.24. The van der Waals surface area contributed by atoms with Crippen LogP contribution in [0.3, 0.4) is 0 Å². The van der Waals surface area contributed by atoms with Gasteiger partial charge in [-0.2, -0.15) is 0 Å². The molecule has 0 aromatic heterocycles. The molecule has 0 aromatic rings. The van der Waals surface area contributed by atoms with Crippen molar-refractivity contribution in [3.05, 3.63) is 12.2 Å². The highest BCUT2D eigenvalue weighted by Crippen LogP contribution is 2.18. The quantitative estimate of drug-likeness (QED) is 0.367. The fraction of sp³-hybridized carbons (Fsp3) is 0.800. The van der Waals surface area contributed by atoms with Crippen LogP contribution in [0.2, 0.25) is 0 Å². The van der Waals surface area contributed by atoms with Crippen LogP contribution < -0.4 is 0 Å². The van der Waals surface area contributed by atoms with Crippen LogP contribution in [0, 0.1) is 5.41 Å². The normalized spacial score (nSPS) is 11.3. The van der Waals surface area contributed by atoms with Crippen LogP contribution in [-0.2, 0) is 0 Å². The summed E-state index contributed by atoms with van der Waals surface area (Å²) >= 11 is 0. The summed E-state index contributed by atoms with van der Waals surface area (Å²) in [6, 6.07) is 0. The molecule has 0 aliphatic heterocycles. The maximum Gasteiger partial charge on any atom is 0.0613 e. The zero-order valence-electron chi connectivity index (χ0n) is 9.13. The smallest absolute Gasteiger partial charge is 0.0613 e. The van der Waals surface area contributed by atoms with Crippen LogP contribution in [0.4, 0.5) is 0 Å². The summed E-state index contributed by atoms with van der Waals surface area (Å²) in [7, 11) is 0. The molecular formula is C10H22O5. The minimum absolute atomic E-state index is 0.0144. The Morgan fingerprint density at radius 2 is 1.13 bits per heavy atom. The van der Waals surface area contributed by atoms with Gasteiger partial charge in [0.1, 0.15) is 0 Å².